The zero-order chi connectivity index (χ0) is 27.3. The number of aliphatic hydroxyl groups excluding tert-OH is 2. The maximum atomic E-state index is 15.7. The summed E-state index contributed by atoms with van der Waals surface area (Å²) in [5.41, 5.74) is 0.634. The lowest BCUT2D eigenvalue weighted by molar-refractivity contribution is 0.0314. The Hall–Kier alpha value is -2.95. The van der Waals surface area contributed by atoms with Gasteiger partial charge in [0.1, 0.15) is 23.4 Å². The predicted molar refractivity (Wildman–Crippen MR) is 137 cm³/mol. The van der Waals surface area contributed by atoms with Gasteiger partial charge in [-0.3, -0.25) is 4.98 Å². The normalized spacial score (nSPS) is 16.5. The lowest BCUT2D eigenvalue weighted by Crippen LogP contribution is -2.43. The van der Waals surface area contributed by atoms with Gasteiger partial charge >= 0.3 is 0 Å². The molecule has 1 saturated heterocycles. The number of halogens is 4. The zero-order valence-corrected chi connectivity index (χ0v) is 21.3. The maximum absolute atomic E-state index is 15.7. The third-order valence-electron chi connectivity index (χ3n) is 7.60. The molecule has 206 valence electrons. The summed E-state index contributed by atoms with van der Waals surface area (Å²) >= 11 is 0. The summed E-state index contributed by atoms with van der Waals surface area (Å²) < 4.78 is 61.8. The monoisotopic (exact) mass is 535 g/mol. The Kier molecular flexibility index (Phi) is 9.07. The van der Waals surface area contributed by atoms with Crippen LogP contribution < -0.4 is 10.1 Å². The molecular weight excluding hydrogens is 502 g/mol. The highest BCUT2D eigenvalue weighted by atomic mass is 19.1. The molecule has 0 aliphatic carbocycles. The van der Waals surface area contributed by atoms with E-state index >= 15 is 4.39 Å². The number of alkyl halides is 1. The van der Waals surface area contributed by atoms with Crippen molar-refractivity contribution in [1.29, 1.82) is 0 Å². The van der Waals surface area contributed by atoms with Crippen molar-refractivity contribution in [1.82, 2.24) is 9.88 Å². The number of piperidine rings is 1. The van der Waals surface area contributed by atoms with Crippen molar-refractivity contribution in [2.75, 3.05) is 45.2 Å². The van der Waals surface area contributed by atoms with Gasteiger partial charge in [-0.25, -0.2) is 17.6 Å². The van der Waals surface area contributed by atoms with Crippen LogP contribution in [-0.4, -0.2) is 60.0 Å². The van der Waals surface area contributed by atoms with Crippen LogP contribution in [0.2, 0.25) is 0 Å². The van der Waals surface area contributed by atoms with E-state index in [1.165, 1.54) is 13.3 Å². The van der Waals surface area contributed by atoms with E-state index in [-0.39, 0.29) is 31.9 Å². The molecule has 6 nitrogen and oxygen atoms in total. The molecule has 1 aliphatic heterocycles. The van der Waals surface area contributed by atoms with E-state index in [0.717, 1.165) is 0 Å². The fourth-order valence-electron chi connectivity index (χ4n) is 5.22. The third kappa shape index (κ3) is 6.19. The molecule has 0 radical (unpaired) electrons. The second-order valence-corrected chi connectivity index (χ2v) is 9.92. The van der Waals surface area contributed by atoms with Gasteiger partial charge in [-0.2, -0.15) is 0 Å². The van der Waals surface area contributed by atoms with Crippen molar-refractivity contribution in [3.05, 3.63) is 65.1 Å². The first kappa shape index (κ1) is 28.1. The molecule has 1 fully saturated rings. The van der Waals surface area contributed by atoms with Gasteiger partial charge in [0.15, 0.2) is 11.6 Å². The molecule has 0 bridgehead atoms. The molecule has 10 heteroatoms. The standard InChI is InChI=1S/C28H33F4N3O3/c1-38-20-2-3-25-21(14-20)26(18(16-36)15-34-25)22(30)4-5-28(17-37)6-9-35(10-7-28)11-8-33-27-23(31)12-19(29)13-24(27)32/h2-3,12-15,22,33,36-37H,4-11,16-17H2,1H3. The van der Waals surface area contributed by atoms with Gasteiger partial charge in [0.25, 0.3) is 0 Å². The van der Waals surface area contributed by atoms with Crippen LogP contribution in [-0.2, 0) is 6.61 Å². The Morgan fingerprint density at radius 2 is 1.82 bits per heavy atom. The van der Waals surface area contributed by atoms with Crippen molar-refractivity contribution in [2.24, 2.45) is 5.41 Å². The van der Waals surface area contributed by atoms with Crippen LogP contribution in [0.15, 0.2) is 36.5 Å². The van der Waals surface area contributed by atoms with Crippen molar-refractivity contribution in [3.63, 3.8) is 0 Å². The Morgan fingerprint density at radius 3 is 2.45 bits per heavy atom. The van der Waals surface area contributed by atoms with Gasteiger partial charge in [0.05, 0.1) is 19.2 Å². The summed E-state index contributed by atoms with van der Waals surface area (Å²) in [6.45, 7) is 1.65. The van der Waals surface area contributed by atoms with Gasteiger partial charge in [-0.15, -0.1) is 0 Å². The first-order valence-electron chi connectivity index (χ1n) is 12.7. The summed E-state index contributed by atoms with van der Waals surface area (Å²) in [6, 6.07) is 6.50. The van der Waals surface area contributed by atoms with Crippen molar-refractivity contribution < 1.29 is 32.5 Å². The molecule has 1 unspecified atom stereocenters. The molecule has 0 spiro atoms. The lowest BCUT2D eigenvalue weighted by Gasteiger charge is -2.41. The molecule has 1 aromatic heterocycles. The first-order chi connectivity index (χ1) is 18.3. The van der Waals surface area contributed by atoms with Crippen molar-refractivity contribution in [3.8, 4) is 5.75 Å². The number of nitrogens with zero attached hydrogens (tertiary/aromatic N) is 2. The van der Waals surface area contributed by atoms with E-state index in [1.807, 2.05) is 0 Å². The van der Waals surface area contributed by atoms with E-state index in [0.29, 0.717) is 78.8 Å². The van der Waals surface area contributed by atoms with Crippen molar-refractivity contribution in [2.45, 2.75) is 38.5 Å². The highest BCUT2D eigenvalue weighted by Crippen LogP contribution is 2.41. The van der Waals surface area contributed by atoms with Gasteiger partial charge in [0, 0.05) is 54.5 Å². The molecule has 2 heterocycles. The van der Waals surface area contributed by atoms with Crippen LogP contribution in [0.5, 0.6) is 5.75 Å². The van der Waals surface area contributed by atoms with Crippen LogP contribution in [0.3, 0.4) is 0 Å². The Morgan fingerprint density at radius 1 is 1.11 bits per heavy atom. The van der Waals surface area contributed by atoms with E-state index in [2.05, 4.69) is 15.2 Å². The summed E-state index contributed by atoms with van der Waals surface area (Å²) in [5.74, 6) is -2.36. The highest BCUT2D eigenvalue weighted by Gasteiger charge is 2.35. The third-order valence-corrected chi connectivity index (χ3v) is 7.60. The molecule has 2 aromatic carbocycles. The van der Waals surface area contributed by atoms with Gasteiger partial charge in [-0.1, -0.05) is 0 Å². The quantitative estimate of drug-likeness (QED) is 0.296. The molecular formula is C28H33F4N3O3. The SMILES string of the molecule is COc1ccc2ncc(CO)c(C(F)CCC3(CO)CCN(CCNc4c(F)cc(F)cc4F)CC3)c2c1. The number of benzene rings is 2. The second kappa shape index (κ2) is 12.3. The first-order valence-corrected chi connectivity index (χ1v) is 12.7. The molecule has 3 N–H and O–H groups in total. The van der Waals surface area contributed by atoms with E-state index in [1.54, 1.807) is 18.2 Å². The van der Waals surface area contributed by atoms with E-state index in [9.17, 15) is 23.4 Å². The number of methoxy groups -OCH3 is 1. The Balaban J connectivity index is 1.35. The van der Waals surface area contributed by atoms with E-state index in [4.69, 9.17) is 4.74 Å². The summed E-state index contributed by atoms with van der Waals surface area (Å²) in [7, 11) is 1.53. The van der Waals surface area contributed by atoms with Crippen LogP contribution in [0.1, 0.15) is 43.0 Å². The molecule has 0 amide bonds. The van der Waals surface area contributed by atoms with Crippen molar-refractivity contribution >= 4 is 16.6 Å². The average molecular weight is 536 g/mol. The number of pyridine rings is 1. The number of fused-ring (bicyclic) bond motifs is 1. The van der Waals surface area contributed by atoms with Crippen LogP contribution in [0, 0.1) is 22.9 Å². The molecule has 38 heavy (non-hydrogen) atoms. The fraction of sp³-hybridized carbons (Fsp3) is 0.464. The number of aliphatic hydroxyl groups is 2. The minimum absolute atomic E-state index is 0.0738. The highest BCUT2D eigenvalue weighted by molar-refractivity contribution is 5.85. The van der Waals surface area contributed by atoms with Gasteiger partial charge in [-0.05, 0) is 62.4 Å². The lowest BCUT2D eigenvalue weighted by atomic mass is 9.74. The Labute approximate surface area is 219 Å². The Bertz CT molecular complexity index is 1220. The number of ether oxygens (including phenoxy) is 1. The minimum atomic E-state index is -1.36. The average Bonchev–Trinajstić information content (AvgIpc) is 2.92. The summed E-state index contributed by atoms with van der Waals surface area (Å²) in [6.07, 6.45) is 2.06. The maximum Gasteiger partial charge on any atom is 0.152 e. The topological polar surface area (TPSA) is 77.8 Å². The van der Waals surface area contributed by atoms with E-state index < -0.39 is 29.0 Å². The van der Waals surface area contributed by atoms with Crippen LogP contribution in [0.25, 0.3) is 10.9 Å². The number of hydrogen-bond acceptors (Lipinski definition) is 6. The second-order valence-electron chi connectivity index (χ2n) is 9.92. The molecule has 1 aliphatic rings. The predicted octanol–water partition coefficient (Wildman–Crippen LogP) is 5.13. The minimum Gasteiger partial charge on any atom is -0.497 e. The van der Waals surface area contributed by atoms with Crippen LogP contribution in [0.4, 0.5) is 23.2 Å². The smallest absolute Gasteiger partial charge is 0.152 e. The number of anilines is 1. The number of hydrogen-bond donors (Lipinski definition) is 3. The zero-order valence-electron chi connectivity index (χ0n) is 21.3. The van der Waals surface area contributed by atoms with Gasteiger partial charge in [0.2, 0.25) is 0 Å². The number of rotatable bonds is 11. The number of nitrogens with one attached hydrogen (secondary N) is 1. The largest absolute Gasteiger partial charge is 0.497 e. The number of aromatic nitrogens is 1. The fourth-order valence-corrected chi connectivity index (χ4v) is 5.22. The molecule has 1 atom stereocenters. The molecule has 4 rings (SSSR count). The van der Waals surface area contributed by atoms with Crippen LogP contribution >= 0.6 is 0 Å². The van der Waals surface area contributed by atoms with Gasteiger partial charge < -0.3 is 25.2 Å². The summed E-state index contributed by atoms with van der Waals surface area (Å²) in [5, 5.41) is 23.3. The molecule has 3 aromatic rings. The number of likely N-dealkylation sites (tertiary alicyclic amines) is 1. The summed E-state index contributed by atoms with van der Waals surface area (Å²) in [4.78, 5) is 6.44. The molecule has 0 saturated carbocycles.